The number of hydrogen-bond acceptors (Lipinski definition) is 8. The van der Waals surface area contributed by atoms with Gasteiger partial charge in [0, 0.05) is 18.5 Å². The highest BCUT2D eigenvalue weighted by Crippen LogP contribution is 2.28. The van der Waals surface area contributed by atoms with Crippen LogP contribution in [0.1, 0.15) is 51.6 Å². The molecule has 2 amide bonds. The van der Waals surface area contributed by atoms with Crippen molar-refractivity contribution in [1.82, 2.24) is 20.7 Å². The Kier molecular flexibility index (Phi) is 8.59. The molecule has 12 heteroatoms. The minimum absolute atomic E-state index is 0.271. The van der Waals surface area contributed by atoms with Crippen LogP contribution in [0, 0.1) is 0 Å². The number of alkyl carbamates (subject to hydrolysis) is 1. The summed E-state index contributed by atoms with van der Waals surface area (Å²) in [5.74, 6) is -1.58. The van der Waals surface area contributed by atoms with Gasteiger partial charge in [0.2, 0.25) is 0 Å². The van der Waals surface area contributed by atoms with Gasteiger partial charge < -0.3 is 19.9 Å². The molecule has 2 rings (SSSR count). The van der Waals surface area contributed by atoms with E-state index in [0.717, 1.165) is 0 Å². The van der Waals surface area contributed by atoms with Crippen molar-refractivity contribution in [3.63, 3.8) is 0 Å². The molecule has 0 radical (unpaired) electrons. The fourth-order valence-electron chi connectivity index (χ4n) is 2.88. The molecule has 168 valence electrons. The molecule has 0 bridgehead atoms. The van der Waals surface area contributed by atoms with Gasteiger partial charge in [0.15, 0.2) is 0 Å². The first-order chi connectivity index (χ1) is 14.0. The van der Waals surface area contributed by atoms with Crippen molar-refractivity contribution in [2.45, 2.75) is 64.3 Å². The van der Waals surface area contributed by atoms with E-state index < -0.39 is 41.8 Å². The molecular formula is C18H27BrN4O6S. The summed E-state index contributed by atoms with van der Waals surface area (Å²) in [5, 5.41) is 15.3. The lowest BCUT2D eigenvalue weighted by molar-refractivity contribution is -0.150. The Morgan fingerprint density at radius 1 is 1.47 bits per heavy atom. The van der Waals surface area contributed by atoms with E-state index in [1.807, 2.05) is 0 Å². The molecule has 1 fully saturated rings. The number of thiazole rings is 1. The molecule has 0 aliphatic carbocycles. The molecule has 0 saturated carbocycles. The van der Waals surface area contributed by atoms with E-state index in [1.54, 1.807) is 33.1 Å². The summed E-state index contributed by atoms with van der Waals surface area (Å²) in [7, 11) is 0. The van der Waals surface area contributed by atoms with Gasteiger partial charge in [-0.2, -0.15) is 0 Å². The second kappa shape index (κ2) is 10.5. The molecule has 1 saturated heterocycles. The molecule has 1 aliphatic heterocycles. The maximum absolute atomic E-state index is 13.3. The zero-order valence-corrected chi connectivity index (χ0v) is 19.7. The van der Waals surface area contributed by atoms with E-state index in [9.17, 15) is 19.5 Å². The Morgan fingerprint density at radius 3 is 2.70 bits per heavy atom. The minimum atomic E-state index is -1.17. The van der Waals surface area contributed by atoms with E-state index in [4.69, 9.17) is 9.47 Å². The summed E-state index contributed by atoms with van der Waals surface area (Å²) in [5.41, 5.74) is 1.96. The molecule has 2 heterocycles. The lowest BCUT2D eigenvalue weighted by Crippen LogP contribution is -2.61. The lowest BCUT2D eigenvalue weighted by atomic mass is 10.1. The van der Waals surface area contributed by atoms with Crippen LogP contribution in [0.3, 0.4) is 0 Å². The van der Waals surface area contributed by atoms with Crippen LogP contribution >= 0.6 is 27.3 Å². The van der Waals surface area contributed by atoms with Crippen molar-refractivity contribution in [1.29, 1.82) is 0 Å². The first-order valence-corrected chi connectivity index (χ1v) is 11.2. The standard InChI is InChI=1S/C18H27BrN4O6S/c1-5-28-13(14-20-11(19)9-30-14)12(21-17(27)29-18(2,3)4)15(24)23-8-6-7-10(22-23)16(25)26/h9-10,12-13,22H,5-8H2,1-4H3,(H,21,27)(H,25,26)/t10-,12-,13-/m0/s1. The summed E-state index contributed by atoms with van der Waals surface area (Å²) in [6.45, 7) is 7.48. The molecule has 30 heavy (non-hydrogen) atoms. The maximum Gasteiger partial charge on any atom is 0.408 e. The highest BCUT2D eigenvalue weighted by Gasteiger charge is 2.39. The number of aliphatic carboxylic acids is 1. The van der Waals surface area contributed by atoms with E-state index in [0.29, 0.717) is 29.0 Å². The first kappa shape index (κ1) is 24.5. The topological polar surface area (TPSA) is 130 Å². The molecule has 1 aromatic rings. The summed E-state index contributed by atoms with van der Waals surface area (Å²) >= 11 is 4.56. The van der Waals surface area contributed by atoms with Gasteiger partial charge in [0.25, 0.3) is 5.91 Å². The van der Waals surface area contributed by atoms with Gasteiger partial charge in [0.1, 0.15) is 33.4 Å². The Hall–Kier alpha value is -1.76. The number of nitrogens with one attached hydrogen (secondary N) is 2. The van der Waals surface area contributed by atoms with Crippen molar-refractivity contribution in [3.05, 3.63) is 15.0 Å². The molecular weight excluding hydrogens is 480 g/mol. The second-order valence-corrected chi connectivity index (χ2v) is 9.36. The monoisotopic (exact) mass is 506 g/mol. The average Bonchev–Trinajstić information content (AvgIpc) is 3.08. The third-order valence-electron chi connectivity index (χ3n) is 4.07. The van der Waals surface area contributed by atoms with Crippen LogP contribution in [0.15, 0.2) is 9.98 Å². The van der Waals surface area contributed by atoms with Crippen molar-refractivity contribution < 1.29 is 29.0 Å². The molecule has 1 aliphatic rings. The number of hydrazine groups is 1. The number of aromatic nitrogens is 1. The number of ether oxygens (including phenoxy) is 2. The van der Waals surface area contributed by atoms with Crippen LogP contribution in [-0.4, -0.2) is 63.9 Å². The van der Waals surface area contributed by atoms with Gasteiger partial charge in [-0.1, -0.05) is 0 Å². The smallest absolute Gasteiger partial charge is 0.408 e. The third-order valence-corrected chi connectivity index (χ3v) is 5.69. The normalized spacial score (nSPS) is 19.1. The number of rotatable bonds is 7. The van der Waals surface area contributed by atoms with Gasteiger partial charge in [-0.25, -0.2) is 15.2 Å². The Labute approximate surface area is 187 Å². The number of carbonyl (C=O) groups is 3. The molecule has 0 unspecified atom stereocenters. The zero-order valence-electron chi connectivity index (χ0n) is 17.3. The number of carbonyl (C=O) groups excluding carboxylic acids is 2. The fourth-order valence-corrected chi connectivity index (χ4v) is 4.23. The summed E-state index contributed by atoms with van der Waals surface area (Å²) < 4.78 is 11.7. The number of carboxylic acid groups (broad SMARTS) is 1. The van der Waals surface area contributed by atoms with Gasteiger partial charge in [0.05, 0.1) is 0 Å². The summed E-state index contributed by atoms with van der Waals surface area (Å²) in [6.07, 6.45) is -0.750. The average molecular weight is 507 g/mol. The van der Waals surface area contributed by atoms with E-state index in [-0.39, 0.29) is 6.61 Å². The summed E-state index contributed by atoms with van der Waals surface area (Å²) in [4.78, 5) is 41.5. The Morgan fingerprint density at radius 2 is 2.17 bits per heavy atom. The van der Waals surface area contributed by atoms with Crippen LogP contribution in [-0.2, 0) is 19.1 Å². The largest absolute Gasteiger partial charge is 0.480 e. The van der Waals surface area contributed by atoms with Crippen molar-refractivity contribution in [2.24, 2.45) is 0 Å². The molecule has 3 atom stereocenters. The number of halogens is 1. The highest BCUT2D eigenvalue weighted by atomic mass is 79.9. The van der Waals surface area contributed by atoms with E-state index in [2.05, 4.69) is 31.7 Å². The van der Waals surface area contributed by atoms with Crippen molar-refractivity contribution in [2.75, 3.05) is 13.2 Å². The Balaban J connectivity index is 2.32. The first-order valence-electron chi connectivity index (χ1n) is 9.54. The van der Waals surface area contributed by atoms with Crippen LogP contribution in [0.4, 0.5) is 4.79 Å². The van der Waals surface area contributed by atoms with Crippen LogP contribution < -0.4 is 10.7 Å². The van der Waals surface area contributed by atoms with Crippen LogP contribution in [0.25, 0.3) is 0 Å². The van der Waals surface area contributed by atoms with Crippen molar-refractivity contribution in [3.8, 4) is 0 Å². The minimum Gasteiger partial charge on any atom is -0.480 e. The predicted octanol–water partition coefficient (Wildman–Crippen LogP) is 2.46. The van der Waals surface area contributed by atoms with Crippen molar-refractivity contribution >= 4 is 45.2 Å². The zero-order chi connectivity index (χ0) is 22.5. The highest BCUT2D eigenvalue weighted by molar-refractivity contribution is 9.10. The second-order valence-electron chi connectivity index (χ2n) is 7.66. The molecule has 3 N–H and O–H groups in total. The van der Waals surface area contributed by atoms with Gasteiger partial charge >= 0.3 is 12.1 Å². The van der Waals surface area contributed by atoms with E-state index in [1.165, 1.54) is 16.3 Å². The molecule has 0 aromatic carbocycles. The number of nitrogens with zero attached hydrogens (tertiary/aromatic N) is 2. The number of hydrogen-bond donors (Lipinski definition) is 3. The van der Waals surface area contributed by atoms with Gasteiger partial charge in [-0.15, -0.1) is 11.3 Å². The quantitative estimate of drug-likeness (QED) is 0.513. The molecule has 10 nitrogen and oxygen atoms in total. The maximum atomic E-state index is 13.3. The number of carboxylic acids is 1. The predicted molar refractivity (Wildman–Crippen MR) is 113 cm³/mol. The van der Waals surface area contributed by atoms with Crippen LogP contribution in [0.5, 0.6) is 0 Å². The molecule has 0 spiro atoms. The molecule has 1 aromatic heterocycles. The lowest BCUT2D eigenvalue weighted by Gasteiger charge is -2.36. The fraction of sp³-hybridized carbons (Fsp3) is 0.667. The van der Waals surface area contributed by atoms with Crippen LogP contribution in [0.2, 0.25) is 0 Å². The van der Waals surface area contributed by atoms with Gasteiger partial charge in [-0.05, 0) is 56.5 Å². The summed E-state index contributed by atoms with van der Waals surface area (Å²) in [6, 6.07) is -2.05. The number of amides is 2. The van der Waals surface area contributed by atoms with Gasteiger partial charge in [-0.3, -0.25) is 14.6 Å². The SMILES string of the molecule is CCO[C@H](c1nc(Br)cs1)[C@H](NC(=O)OC(C)(C)C)C(=O)N1CCC[C@@H](C(=O)O)N1. The third kappa shape index (κ3) is 6.89. The van der Waals surface area contributed by atoms with E-state index >= 15 is 0 Å². The Bertz CT molecular complexity index is 768.